The number of amides is 2. The van der Waals surface area contributed by atoms with Crippen LogP contribution in [0.1, 0.15) is 35.7 Å². The van der Waals surface area contributed by atoms with E-state index in [0.29, 0.717) is 11.3 Å². The molecule has 1 aliphatic carbocycles. The second kappa shape index (κ2) is 7.01. The molecular formula is C19H18F2N2O2. The van der Waals surface area contributed by atoms with Gasteiger partial charge in [0.15, 0.2) is 0 Å². The third-order valence-electron chi connectivity index (χ3n) is 4.03. The van der Waals surface area contributed by atoms with Crippen LogP contribution in [0.5, 0.6) is 0 Å². The third-order valence-corrected chi connectivity index (χ3v) is 4.03. The SMILES string of the molecule is CC(=O)Nc1cccc(C(=O)N(Cc2ccc(F)cc2F)C2CC2)c1. The minimum atomic E-state index is -0.662. The van der Waals surface area contributed by atoms with Crippen molar-refractivity contribution in [3.63, 3.8) is 0 Å². The van der Waals surface area contributed by atoms with Crippen molar-refractivity contribution < 1.29 is 18.4 Å². The molecule has 1 fully saturated rings. The largest absolute Gasteiger partial charge is 0.331 e. The monoisotopic (exact) mass is 344 g/mol. The Morgan fingerprint density at radius 3 is 2.56 bits per heavy atom. The third kappa shape index (κ3) is 4.21. The Balaban J connectivity index is 1.83. The zero-order valence-corrected chi connectivity index (χ0v) is 13.8. The van der Waals surface area contributed by atoms with Crippen molar-refractivity contribution in [1.82, 2.24) is 4.90 Å². The molecule has 0 aromatic heterocycles. The summed E-state index contributed by atoms with van der Waals surface area (Å²) in [5.74, 6) is -1.77. The van der Waals surface area contributed by atoms with Gasteiger partial charge in [-0.05, 0) is 37.1 Å². The van der Waals surface area contributed by atoms with Crippen LogP contribution >= 0.6 is 0 Å². The van der Waals surface area contributed by atoms with Crippen LogP contribution in [0.3, 0.4) is 0 Å². The molecule has 0 radical (unpaired) electrons. The Bertz CT molecular complexity index is 819. The van der Waals surface area contributed by atoms with E-state index in [2.05, 4.69) is 5.32 Å². The number of carbonyl (C=O) groups excluding carboxylic acids is 2. The summed E-state index contributed by atoms with van der Waals surface area (Å²) in [6.45, 7) is 1.47. The molecule has 4 nitrogen and oxygen atoms in total. The standard InChI is InChI=1S/C19H18F2N2O2/c1-12(24)22-16-4-2-3-13(9-16)19(25)23(17-7-8-17)11-14-5-6-15(20)10-18(14)21/h2-6,9-10,17H,7-8,11H2,1H3,(H,22,24). The molecule has 0 aliphatic heterocycles. The lowest BCUT2D eigenvalue weighted by Crippen LogP contribution is -2.33. The van der Waals surface area contributed by atoms with Gasteiger partial charge in [-0.15, -0.1) is 0 Å². The molecule has 2 amide bonds. The maximum atomic E-state index is 13.9. The molecule has 2 aromatic rings. The second-order valence-electron chi connectivity index (χ2n) is 6.16. The molecule has 2 aromatic carbocycles. The summed E-state index contributed by atoms with van der Waals surface area (Å²) in [4.78, 5) is 25.6. The first-order valence-electron chi connectivity index (χ1n) is 8.06. The number of hydrogen-bond donors (Lipinski definition) is 1. The van der Waals surface area contributed by atoms with E-state index in [4.69, 9.17) is 0 Å². The molecule has 0 saturated heterocycles. The van der Waals surface area contributed by atoms with Crippen LogP contribution in [0.25, 0.3) is 0 Å². The van der Waals surface area contributed by atoms with Crippen LogP contribution in [0.15, 0.2) is 42.5 Å². The van der Waals surface area contributed by atoms with E-state index in [-0.39, 0.29) is 30.0 Å². The van der Waals surface area contributed by atoms with Gasteiger partial charge in [-0.25, -0.2) is 8.78 Å². The molecule has 0 unspecified atom stereocenters. The van der Waals surface area contributed by atoms with E-state index in [1.165, 1.54) is 19.1 Å². The normalized spacial score (nSPS) is 13.4. The number of rotatable bonds is 5. The Labute approximate surface area is 144 Å². The van der Waals surface area contributed by atoms with Gasteiger partial charge in [-0.2, -0.15) is 0 Å². The highest BCUT2D eigenvalue weighted by molar-refractivity contribution is 5.97. The van der Waals surface area contributed by atoms with Gasteiger partial charge in [0.05, 0.1) is 0 Å². The van der Waals surface area contributed by atoms with Crippen LogP contribution < -0.4 is 5.32 Å². The Morgan fingerprint density at radius 1 is 1.16 bits per heavy atom. The van der Waals surface area contributed by atoms with Crippen LogP contribution in [-0.2, 0) is 11.3 Å². The van der Waals surface area contributed by atoms with Gasteiger partial charge in [0.25, 0.3) is 5.91 Å². The summed E-state index contributed by atoms with van der Waals surface area (Å²) in [6, 6.07) is 10.1. The fourth-order valence-electron chi connectivity index (χ4n) is 2.69. The maximum absolute atomic E-state index is 13.9. The van der Waals surface area contributed by atoms with Gasteiger partial charge >= 0.3 is 0 Å². The van der Waals surface area contributed by atoms with Crippen LogP contribution in [0, 0.1) is 11.6 Å². The molecule has 0 heterocycles. The lowest BCUT2D eigenvalue weighted by Gasteiger charge is -2.23. The van der Waals surface area contributed by atoms with Crippen molar-refractivity contribution in [2.75, 3.05) is 5.32 Å². The molecular weight excluding hydrogens is 326 g/mol. The Morgan fingerprint density at radius 2 is 1.92 bits per heavy atom. The summed E-state index contributed by atoms with van der Waals surface area (Å²) < 4.78 is 27.0. The molecule has 0 spiro atoms. The molecule has 25 heavy (non-hydrogen) atoms. The lowest BCUT2D eigenvalue weighted by atomic mass is 10.1. The van der Waals surface area contributed by atoms with E-state index < -0.39 is 11.6 Å². The summed E-state index contributed by atoms with van der Waals surface area (Å²) in [5, 5.41) is 2.64. The molecule has 130 valence electrons. The van der Waals surface area contributed by atoms with Crippen molar-refractivity contribution in [3.8, 4) is 0 Å². The highest BCUT2D eigenvalue weighted by Gasteiger charge is 2.33. The maximum Gasteiger partial charge on any atom is 0.254 e. The smallest absolute Gasteiger partial charge is 0.254 e. The van der Waals surface area contributed by atoms with Gasteiger partial charge in [-0.1, -0.05) is 12.1 Å². The summed E-state index contributed by atoms with van der Waals surface area (Å²) in [6.07, 6.45) is 1.72. The first-order chi connectivity index (χ1) is 11.9. The number of carbonyl (C=O) groups is 2. The highest BCUT2D eigenvalue weighted by atomic mass is 19.1. The van der Waals surface area contributed by atoms with E-state index in [9.17, 15) is 18.4 Å². The molecule has 3 rings (SSSR count). The average Bonchev–Trinajstić information content (AvgIpc) is 3.38. The molecule has 1 saturated carbocycles. The molecule has 0 atom stereocenters. The van der Waals surface area contributed by atoms with Gasteiger partial charge in [-0.3, -0.25) is 9.59 Å². The second-order valence-corrected chi connectivity index (χ2v) is 6.16. The Hall–Kier alpha value is -2.76. The zero-order valence-electron chi connectivity index (χ0n) is 13.8. The predicted octanol–water partition coefficient (Wildman–Crippen LogP) is 3.73. The number of benzene rings is 2. The first kappa shape index (κ1) is 17.1. The number of nitrogens with zero attached hydrogens (tertiary/aromatic N) is 1. The number of nitrogens with one attached hydrogen (secondary N) is 1. The lowest BCUT2D eigenvalue weighted by molar-refractivity contribution is -0.114. The van der Waals surface area contributed by atoms with Crippen LogP contribution in [0.2, 0.25) is 0 Å². The quantitative estimate of drug-likeness (QED) is 0.898. The van der Waals surface area contributed by atoms with E-state index in [0.717, 1.165) is 18.9 Å². The number of hydrogen-bond acceptors (Lipinski definition) is 2. The zero-order chi connectivity index (χ0) is 18.0. The van der Waals surface area contributed by atoms with Crippen molar-refractivity contribution in [2.45, 2.75) is 32.4 Å². The predicted molar refractivity (Wildman–Crippen MR) is 90.0 cm³/mol. The van der Waals surface area contributed by atoms with E-state index >= 15 is 0 Å². The number of halogens is 2. The summed E-state index contributed by atoms with van der Waals surface area (Å²) >= 11 is 0. The van der Waals surface area contributed by atoms with Gasteiger partial charge < -0.3 is 10.2 Å². The average molecular weight is 344 g/mol. The summed E-state index contributed by atoms with van der Waals surface area (Å²) in [5.41, 5.74) is 1.22. The number of anilines is 1. The van der Waals surface area contributed by atoms with Gasteiger partial charge in [0.1, 0.15) is 11.6 Å². The Kier molecular flexibility index (Phi) is 4.79. The fourth-order valence-corrected chi connectivity index (χ4v) is 2.69. The molecule has 1 N–H and O–H groups in total. The molecule has 1 aliphatic rings. The van der Waals surface area contributed by atoms with Crippen molar-refractivity contribution in [3.05, 3.63) is 65.2 Å². The van der Waals surface area contributed by atoms with Crippen LogP contribution in [0.4, 0.5) is 14.5 Å². The van der Waals surface area contributed by atoms with Crippen LogP contribution in [-0.4, -0.2) is 22.8 Å². The molecule has 6 heteroatoms. The molecule has 0 bridgehead atoms. The van der Waals surface area contributed by atoms with Crippen molar-refractivity contribution >= 4 is 17.5 Å². The van der Waals surface area contributed by atoms with E-state index in [1.807, 2.05) is 0 Å². The van der Waals surface area contributed by atoms with E-state index in [1.54, 1.807) is 29.2 Å². The van der Waals surface area contributed by atoms with Gasteiger partial charge in [0.2, 0.25) is 5.91 Å². The van der Waals surface area contributed by atoms with Crippen molar-refractivity contribution in [1.29, 1.82) is 0 Å². The topological polar surface area (TPSA) is 49.4 Å². The minimum absolute atomic E-state index is 0.0568. The first-order valence-corrected chi connectivity index (χ1v) is 8.06. The van der Waals surface area contributed by atoms with Gasteiger partial charge in [0, 0.05) is 42.4 Å². The highest BCUT2D eigenvalue weighted by Crippen LogP contribution is 2.30. The summed E-state index contributed by atoms with van der Waals surface area (Å²) in [7, 11) is 0. The minimum Gasteiger partial charge on any atom is -0.331 e. The van der Waals surface area contributed by atoms with Crippen molar-refractivity contribution in [2.24, 2.45) is 0 Å². The fraction of sp³-hybridized carbons (Fsp3) is 0.263.